The summed E-state index contributed by atoms with van der Waals surface area (Å²) in [5, 5.41) is 3.56. The third-order valence-corrected chi connectivity index (χ3v) is 3.94. The smallest absolute Gasteiger partial charge is 0.0666 e. The Hall–Kier alpha value is -0.540. The van der Waals surface area contributed by atoms with Crippen LogP contribution in [0, 0.1) is 12.8 Å². The van der Waals surface area contributed by atoms with Gasteiger partial charge in [-0.05, 0) is 49.4 Å². The average Bonchev–Trinajstić information content (AvgIpc) is 3.06. The highest BCUT2D eigenvalue weighted by Crippen LogP contribution is 2.34. The molecule has 1 saturated carbocycles. The Morgan fingerprint density at radius 3 is 2.81 bits per heavy atom. The molecule has 0 saturated heterocycles. The summed E-state index contributed by atoms with van der Waals surface area (Å²) >= 11 is 3.52. The Bertz CT molecular complexity index is 363. The normalized spacial score (nSPS) is 17.2. The fourth-order valence-electron chi connectivity index (χ4n) is 1.92. The van der Waals surface area contributed by atoms with E-state index < -0.39 is 0 Å². The van der Waals surface area contributed by atoms with Crippen molar-refractivity contribution in [2.75, 3.05) is 19.0 Å². The highest BCUT2D eigenvalue weighted by atomic mass is 79.9. The van der Waals surface area contributed by atoms with Crippen LogP contribution >= 0.6 is 15.9 Å². The van der Waals surface area contributed by atoms with Gasteiger partial charge in [0.05, 0.1) is 12.6 Å². The van der Waals surface area contributed by atoms with Crippen LogP contribution in [0.4, 0.5) is 5.69 Å². The lowest BCUT2D eigenvalue weighted by Gasteiger charge is -2.19. The van der Waals surface area contributed by atoms with Gasteiger partial charge in [-0.2, -0.15) is 0 Å². The molecule has 3 heteroatoms. The molecule has 2 rings (SSSR count). The molecule has 0 heterocycles. The van der Waals surface area contributed by atoms with Crippen LogP contribution in [-0.2, 0) is 4.74 Å². The first-order chi connectivity index (χ1) is 7.70. The molecule has 0 spiro atoms. The number of hydrogen-bond acceptors (Lipinski definition) is 2. The van der Waals surface area contributed by atoms with Crippen LogP contribution in [0.3, 0.4) is 0 Å². The van der Waals surface area contributed by atoms with E-state index in [1.165, 1.54) is 24.1 Å². The monoisotopic (exact) mass is 283 g/mol. The van der Waals surface area contributed by atoms with Crippen molar-refractivity contribution in [2.45, 2.75) is 25.8 Å². The van der Waals surface area contributed by atoms with E-state index in [2.05, 4.69) is 46.4 Å². The number of anilines is 1. The molecule has 0 aliphatic heterocycles. The molecule has 1 aromatic carbocycles. The molecule has 1 aliphatic carbocycles. The van der Waals surface area contributed by atoms with Crippen molar-refractivity contribution in [1.29, 1.82) is 0 Å². The first-order valence-corrected chi connectivity index (χ1v) is 6.51. The van der Waals surface area contributed by atoms with E-state index >= 15 is 0 Å². The lowest BCUT2D eigenvalue weighted by atomic mass is 10.1. The van der Waals surface area contributed by atoms with Crippen molar-refractivity contribution in [2.24, 2.45) is 5.92 Å². The molecule has 1 aliphatic rings. The van der Waals surface area contributed by atoms with Crippen molar-refractivity contribution in [3.63, 3.8) is 0 Å². The molecule has 1 N–H and O–H groups in total. The van der Waals surface area contributed by atoms with Crippen molar-refractivity contribution in [1.82, 2.24) is 0 Å². The van der Waals surface area contributed by atoms with E-state index in [-0.39, 0.29) is 0 Å². The fourth-order valence-corrected chi connectivity index (χ4v) is 2.17. The van der Waals surface area contributed by atoms with Gasteiger partial charge in [-0.1, -0.05) is 15.9 Å². The number of nitrogens with one attached hydrogen (secondary N) is 1. The molecule has 2 nitrogen and oxygen atoms in total. The molecule has 16 heavy (non-hydrogen) atoms. The molecule has 0 aromatic heterocycles. The minimum atomic E-state index is 0.463. The maximum atomic E-state index is 5.26. The Kier molecular flexibility index (Phi) is 3.87. The maximum Gasteiger partial charge on any atom is 0.0666 e. The Balaban J connectivity index is 2.03. The average molecular weight is 284 g/mol. The van der Waals surface area contributed by atoms with Gasteiger partial charge >= 0.3 is 0 Å². The predicted molar refractivity (Wildman–Crippen MR) is 70.9 cm³/mol. The molecule has 1 fully saturated rings. The molecule has 0 radical (unpaired) electrons. The molecule has 1 unspecified atom stereocenters. The molecule has 1 aromatic rings. The van der Waals surface area contributed by atoms with Crippen molar-refractivity contribution in [3.05, 3.63) is 28.2 Å². The number of aryl methyl sites for hydroxylation is 1. The van der Waals surface area contributed by atoms with Crippen LogP contribution in [0.25, 0.3) is 0 Å². The maximum absolute atomic E-state index is 5.26. The van der Waals surface area contributed by atoms with Crippen LogP contribution in [0.1, 0.15) is 18.4 Å². The zero-order chi connectivity index (χ0) is 11.5. The van der Waals surface area contributed by atoms with Gasteiger partial charge in [-0.15, -0.1) is 0 Å². The van der Waals surface area contributed by atoms with Gasteiger partial charge in [0.2, 0.25) is 0 Å². The quantitative estimate of drug-likeness (QED) is 0.892. The topological polar surface area (TPSA) is 21.3 Å². The van der Waals surface area contributed by atoms with Gasteiger partial charge in [0.15, 0.2) is 0 Å². The van der Waals surface area contributed by atoms with E-state index in [1.807, 2.05) is 0 Å². The Labute approximate surface area is 106 Å². The van der Waals surface area contributed by atoms with Crippen molar-refractivity contribution >= 4 is 21.6 Å². The number of methoxy groups -OCH3 is 1. The molecular formula is C13H18BrNO. The largest absolute Gasteiger partial charge is 0.383 e. The van der Waals surface area contributed by atoms with E-state index in [0.717, 1.165) is 17.0 Å². The number of ether oxygens (including phenoxy) is 1. The second kappa shape index (κ2) is 5.19. The lowest BCUT2D eigenvalue weighted by molar-refractivity contribution is 0.179. The molecule has 0 amide bonds. The SMILES string of the molecule is COCC(Nc1ccc(Br)c(C)c1)C1CC1. The first kappa shape index (κ1) is 11.9. The standard InChI is InChI=1S/C13H18BrNO/c1-9-7-11(5-6-12(9)14)15-13(8-16-2)10-3-4-10/h5-7,10,13,15H,3-4,8H2,1-2H3. The van der Waals surface area contributed by atoms with Gasteiger partial charge < -0.3 is 10.1 Å². The number of hydrogen-bond donors (Lipinski definition) is 1. The summed E-state index contributed by atoms with van der Waals surface area (Å²) in [4.78, 5) is 0. The van der Waals surface area contributed by atoms with Crippen LogP contribution < -0.4 is 5.32 Å². The molecular weight excluding hydrogens is 266 g/mol. The van der Waals surface area contributed by atoms with Gasteiger partial charge in [0.1, 0.15) is 0 Å². The highest BCUT2D eigenvalue weighted by molar-refractivity contribution is 9.10. The minimum absolute atomic E-state index is 0.463. The van der Waals surface area contributed by atoms with Crippen LogP contribution in [0.5, 0.6) is 0 Å². The zero-order valence-electron chi connectivity index (χ0n) is 9.79. The number of benzene rings is 1. The highest BCUT2D eigenvalue weighted by Gasteiger charge is 2.31. The van der Waals surface area contributed by atoms with Crippen molar-refractivity contribution < 1.29 is 4.74 Å². The number of rotatable bonds is 5. The van der Waals surface area contributed by atoms with E-state index in [4.69, 9.17) is 4.74 Å². The third kappa shape index (κ3) is 2.98. The summed E-state index contributed by atoms with van der Waals surface area (Å²) in [6.07, 6.45) is 2.66. The summed E-state index contributed by atoms with van der Waals surface area (Å²) in [6.45, 7) is 2.90. The lowest BCUT2D eigenvalue weighted by Crippen LogP contribution is -2.27. The van der Waals surface area contributed by atoms with Gasteiger partial charge in [-0.3, -0.25) is 0 Å². The van der Waals surface area contributed by atoms with Gasteiger partial charge in [-0.25, -0.2) is 0 Å². The minimum Gasteiger partial charge on any atom is -0.383 e. The number of halogens is 1. The predicted octanol–water partition coefficient (Wildman–Crippen LogP) is 3.59. The summed E-state index contributed by atoms with van der Waals surface area (Å²) in [5.74, 6) is 0.795. The third-order valence-electron chi connectivity index (χ3n) is 3.05. The second-order valence-corrected chi connectivity index (χ2v) is 5.36. The summed E-state index contributed by atoms with van der Waals surface area (Å²) in [5.41, 5.74) is 2.45. The molecule has 88 valence electrons. The van der Waals surface area contributed by atoms with Crippen molar-refractivity contribution in [3.8, 4) is 0 Å². The van der Waals surface area contributed by atoms with E-state index in [1.54, 1.807) is 7.11 Å². The van der Waals surface area contributed by atoms with E-state index in [0.29, 0.717) is 6.04 Å². The second-order valence-electron chi connectivity index (χ2n) is 4.51. The van der Waals surface area contributed by atoms with Crippen LogP contribution in [0.2, 0.25) is 0 Å². The summed E-state index contributed by atoms with van der Waals surface area (Å²) in [6, 6.07) is 6.84. The molecule has 0 bridgehead atoms. The van der Waals surface area contributed by atoms with Gasteiger partial charge in [0.25, 0.3) is 0 Å². The Morgan fingerprint density at radius 1 is 1.50 bits per heavy atom. The summed E-state index contributed by atoms with van der Waals surface area (Å²) in [7, 11) is 1.77. The van der Waals surface area contributed by atoms with Crippen LogP contribution in [0.15, 0.2) is 22.7 Å². The summed E-state index contributed by atoms with van der Waals surface area (Å²) < 4.78 is 6.42. The Morgan fingerprint density at radius 2 is 2.25 bits per heavy atom. The fraction of sp³-hybridized carbons (Fsp3) is 0.538. The molecule has 1 atom stereocenters. The first-order valence-electron chi connectivity index (χ1n) is 5.72. The van der Waals surface area contributed by atoms with Crippen LogP contribution in [-0.4, -0.2) is 19.8 Å². The van der Waals surface area contributed by atoms with Gasteiger partial charge in [0, 0.05) is 17.3 Å². The zero-order valence-corrected chi connectivity index (χ0v) is 11.4. The van der Waals surface area contributed by atoms with E-state index in [9.17, 15) is 0 Å².